The van der Waals surface area contributed by atoms with Crippen LogP contribution in [0.2, 0.25) is 0 Å². The third-order valence-electron chi connectivity index (χ3n) is 1.37. The molecule has 0 atom stereocenters. The van der Waals surface area contributed by atoms with Gasteiger partial charge in [-0.2, -0.15) is 0 Å². The Balaban J connectivity index is 3.09. The standard InChI is InChI=1S/C7H10N2O2S/c1-4-5(6(10)11)8-7(12-4)9(2)3/h1-3H3,(H,10,11). The predicted molar refractivity (Wildman–Crippen MR) is 48.1 cm³/mol. The Bertz CT molecular complexity index is 306. The van der Waals surface area contributed by atoms with Gasteiger partial charge >= 0.3 is 5.97 Å². The maximum Gasteiger partial charge on any atom is 0.355 e. The normalized spacial score (nSPS) is 9.92. The summed E-state index contributed by atoms with van der Waals surface area (Å²) in [5.74, 6) is -0.961. The van der Waals surface area contributed by atoms with Crippen LogP contribution >= 0.6 is 11.3 Å². The summed E-state index contributed by atoms with van der Waals surface area (Å²) in [5.41, 5.74) is 0.156. The largest absolute Gasteiger partial charge is 0.476 e. The summed E-state index contributed by atoms with van der Waals surface area (Å²) in [4.78, 5) is 17.1. The van der Waals surface area contributed by atoms with Crippen LogP contribution < -0.4 is 4.90 Å². The Kier molecular flexibility index (Phi) is 2.32. The molecule has 0 fully saturated rings. The summed E-state index contributed by atoms with van der Waals surface area (Å²) < 4.78 is 0. The number of aromatic carboxylic acids is 1. The first-order chi connectivity index (χ1) is 5.52. The Labute approximate surface area is 74.5 Å². The average molecular weight is 186 g/mol. The Morgan fingerprint density at radius 2 is 2.17 bits per heavy atom. The molecule has 0 amide bonds. The summed E-state index contributed by atoms with van der Waals surface area (Å²) in [6.07, 6.45) is 0. The van der Waals surface area contributed by atoms with E-state index in [0.29, 0.717) is 0 Å². The molecule has 0 unspecified atom stereocenters. The lowest BCUT2D eigenvalue weighted by Gasteiger charge is -2.04. The van der Waals surface area contributed by atoms with Crippen molar-refractivity contribution in [2.45, 2.75) is 6.92 Å². The lowest BCUT2D eigenvalue weighted by atomic mass is 10.4. The summed E-state index contributed by atoms with van der Waals surface area (Å²) in [7, 11) is 3.67. The second-order valence-corrected chi connectivity index (χ2v) is 3.78. The predicted octanol–water partition coefficient (Wildman–Crippen LogP) is 1.22. The van der Waals surface area contributed by atoms with Crippen molar-refractivity contribution in [3.63, 3.8) is 0 Å². The molecule has 0 aliphatic carbocycles. The molecule has 4 nitrogen and oxygen atoms in total. The molecule has 0 aromatic carbocycles. The highest BCUT2D eigenvalue weighted by Gasteiger charge is 2.14. The molecule has 0 spiro atoms. The van der Waals surface area contributed by atoms with Crippen molar-refractivity contribution in [2.75, 3.05) is 19.0 Å². The zero-order valence-corrected chi connectivity index (χ0v) is 7.97. The molecule has 1 aromatic rings. The number of hydrogen-bond donors (Lipinski definition) is 1. The number of carbonyl (C=O) groups is 1. The maximum atomic E-state index is 10.6. The van der Waals surface area contributed by atoms with Gasteiger partial charge in [0.05, 0.1) is 0 Å². The lowest BCUT2D eigenvalue weighted by Crippen LogP contribution is -2.08. The van der Waals surface area contributed by atoms with Gasteiger partial charge in [0.1, 0.15) is 0 Å². The molecular formula is C7H10N2O2S. The molecule has 66 valence electrons. The zero-order valence-electron chi connectivity index (χ0n) is 7.16. The fourth-order valence-corrected chi connectivity index (χ4v) is 1.60. The highest BCUT2D eigenvalue weighted by molar-refractivity contribution is 7.15. The minimum atomic E-state index is -0.961. The topological polar surface area (TPSA) is 53.4 Å². The summed E-state index contributed by atoms with van der Waals surface area (Å²) >= 11 is 1.38. The van der Waals surface area contributed by atoms with E-state index in [0.717, 1.165) is 10.0 Å². The van der Waals surface area contributed by atoms with E-state index in [2.05, 4.69) is 4.98 Å². The van der Waals surface area contributed by atoms with Gasteiger partial charge in [0.15, 0.2) is 10.8 Å². The van der Waals surface area contributed by atoms with Crippen molar-refractivity contribution in [3.05, 3.63) is 10.6 Å². The fraction of sp³-hybridized carbons (Fsp3) is 0.429. The summed E-state index contributed by atoms with van der Waals surface area (Å²) in [6, 6.07) is 0. The second kappa shape index (κ2) is 3.10. The first-order valence-corrected chi connectivity index (χ1v) is 4.22. The molecule has 0 bridgehead atoms. The van der Waals surface area contributed by atoms with Gasteiger partial charge in [0.2, 0.25) is 0 Å². The first kappa shape index (κ1) is 8.99. The quantitative estimate of drug-likeness (QED) is 0.754. The lowest BCUT2D eigenvalue weighted by molar-refractivity contribution is 0.0690. The molecule has 0 aliphatic rings. The minimum Gasteiger partial charge on any atom is -0.476 e. The number of rotatable bonds is 2. The Morgan fingerprint density at radius 1 is 1.58 bits per heavy atom. The molecule has 1 N–H and O–H groups in total. The summed E-state index contributed by atoms with van der Waals surface area (Å²) in [5, 5.41) is 9.41. The van der Waals surface area contributed by atoms with Crippen molar-refractivity contribution in [3.8, 4) is 0 Å². The number of anilines is 1. The van der Waals surface area contributed by atoms with E-state index in [1.54, 1.807) is 11.8 Å². The van der Waals surface area contributed by atoms with Gasteiger partial charge < -0.3 is 10.0 Å². The summed E-state index contributed by atoms with van der Waals surface area (Å²) in [6.45, 7) is 1.76. The van der Waals surface area contributed by atoms with Crippen LogP contribution in [0, 0.1) is 6.92 Å². The van der Waals surface area contributed by atoms with E-state index in [1.807, 2.05) is 14.1 Å². The molecule has 12 heavy (non-hydrogen) atoms. The minimum absolute atomic E-state index is 0.156. The molecule has 0 saturated carbocycles. The maximum absolute atomic E-state index is 10.6. The number of aryl methyl sites for hydroxylation is 1. The smallest absolute Gasteiger partial charge is 0.355 e. The average Bonchev–Trinajstić information content (AvgIpc) is 2.30. The molecule has 0 saturated heterocycles. The molecule has 1 rings (SSSR count). The van der Waals surface area contributed by atoms with Crippen molar-refractivity contribution in [1.82, 2.24) is 4.98 Å². The van der Waals surface area contributed by atoms with Gasteiger partial charge in [-0.1, -0.05) is 0 Å². The number of aromatic nitrogens is 1. The fourth-order valence-electron chi connectivity index (χ4n) is 0.772. The van der Waals surface area contributed by atoms with Crippen molar-refractivity contribution in [1.29, 1.82) is 0 Å². The Hall–Kier alpha value is -1.10. The van der Waals surface area contributed by atoms with E-state index < -0.39 is 5.97 Å². The van der Waals surface area contributed by atoms with Crippen LogP contribution in [0.4, 0.5) is 5.13 Å². The number of carboxylic acids is 1. The van der Waals surface area contributed by atoms with Crippen LogP contribution in [-0.4, -0.2) is 30.2 Å². The van der Waals surface area contributed by atoms with E-state index in [9.17, 15) is 4.79 Å². The van der Waals surface area contributed by atoms with E-state index in [-0.39, 0.29) is 5.69 Å². The van der Waals surface area contributed by atoms with Gasteiger partial charge in [0, 0.05) is 19.0 Å². The van der Waals surface area contributed by atoms with Crippen LogP contribution in [0.25, 0.3) is 0 Å². The molecular weight excluding hydrogens is 176 g/mol. The molecule has 1 aromatic heterocycles. The third-order valence-corrected chi connectivity index (χ3v) is 2.51. The van der Waals surface area contributed by atoms with E-state index >= 15 is 0 Å². The van der Waals surface area contributed by atoms with E-state index in [4.69, 9.17) is 5.11 Å². The monoisotopic (exact) mass is 186 g/mol. The van der Waals surface area contributed by atoms with E-state index in [1.165, 1.54) is 11.3 Å². The zero-order chi connectivity index (χ0) is 9.30. The third kappa shape index (κ3) is 1.55. The van der Waals surface area contributed by atoms with Gasteiger partial charge in [-0.25, -0.2) is 9.78 Å². The van der Waals surface area contributed by atoms with Gasteiger partial charge in [0.25, 0.3) is 0 Å². The molecule has 5 heteroatoms. The van der Waals surface area contributed by atoms with Crippen LogP contribution in [0.3, 0.4) is 0 Å². The number of carboxylic acid groups (broad SMARTS) is 1. The van der Waals surface area contributed by atoms with Gasteiger partial charge in [-0.15, -0.1) is 11.3 Å². The molecule has 0 aliphatic heterocycles. The van der Waals surface area contributed by atoms with Crippen LogP contribution in [0.5, 0.6) is 0 Å². The number of hydrogen-bond acceptors (Lipinski definition) is 4. The highest BCUT2D eigenvalue weighted by Crippen LogP contribution is 2.23. The van der Waals surface area contributed by atoms with Crippen LogP contribution in [0.15, 0.2) is 0 Å². The number of nitrogens with zero attached hydrogens (tertiary/aromatic N) is 2. The van der Waals surface area contributed by atoms with Crippen molar-refractivity contribution < 1.29 is 9.90 Å². The van der Waals surface area contributed by atoms with Crippen LogP contribution in [-0.2, 0) is 0 Å². The van der Waals surface area contributed by atoms with Gasteiger partial charge in [-0.05, 0) is 6.92 Å². The molecule has 0 radical (unpaired) electrons. The Morgan fingerprint density at radius 3 is 2.42 bits per heavy atom. The first-order valence-electron chi connectivity index (χ1n) is 3.40. The van der Waals surface area contributed by atoms with Crippen molar-refractivity contribution >= 4 is 22.4 Å². The van der Waals surface area contributed by atoms with Gasteiger partial charge in [-0.3, -0.25) is 0 Å². The second-order valence-electron chi connectivity index (χ2n) is 2.60. The van der Waals surface area contributed by atoms with Crippen molar-refractivity contribution in [2.24, 2.45) is 0 Å². The SMILES string of the molecule is Cc1sc(N(C)C)nc1C(=O)O. The van der Waals surface area contributed by atoms with Crippen LogP contribution in [0.1, 0.15) is 15.4 Å². The molecule has 1 heterocycles. The highest BCUT2D eigenvalue weighted by atomic mass is 32.1. The number of thiazole rings is 1.